The molecule has 7 nitrogen and oxygen atoms in total. The Bertz CT molecular complexity index is 1120. The van der Waals surface area contributed by atoms with E-state index in [1.807, 2.05) is 23.1 Å². The highest BCUT2D eigenvalue weighted by molar-refractivity contribution is 5.93. The lowest BCUT2D eigenvalue weighted by atomic mass is 9.78. The lowest BCUT2D eigenvalue weighted by molar-refractivity contribution is -0.136. The normalized spacial score (nSPS) is 22.8. The van der Waals surface area contributed by atoms with Gasteiger partial charge in [-0.15, -0.1) is 0 Å². The first-order valence-electron chi connectivity index (χ1n) is 15.4. The molecule has 0 aromatic heterocycles. The topological polar surface area (TPSA) is 65.1 Å². The molecule has 2 heterocycles. The van der Waals surface area contributed by atoms with Gasteiger partial charge in [0.1, 0.15) is 17.9 Å². The summed E-state index contributed by atoms with van der Waals surface area (Å²) in [6.07, 6.45) is 6.87. The third kappa shape index (κ3) is 6.14. The van der Waals surface area contributed by atoms with E-state index < -0.39 is 5.54 Å². The first-order chi connectivity index (χ1) is 19.5. The van der Waals surface area contributed by atoms with E-state index in [0.29, 0.717) is 25.1 Å². The second kappa shape index (κ2) is 13.1. The molecule has 1 spiro atoms. The SMILES string of the molecule is CCN(CC)C(=O)[C@H]1CC[C@H](Cc2ccccc2OCCN2CCC3(CC2)C(=O)NCN3c2ccccc2)CC1. The fraction of sp³-hybridized carbons (Fsp3) is 0.576. The van der Waals surface area contributed by atoms with Crippen molar-refractivity contribution in [2.45, 2.75) is 64.3 Å². The number of para-hydroxylation sites is 2. The Balaban J connectivity index is 1.09. The second-order valence-electron chi connectivity index (χ2n) is 11.7. The summed E-state index contributed by atoms with van der Waals surface area (Å²) in [5, 5.41) is 3.09. The predicted octanol–water partition coefficient (Wildman–Crippen LogP) is 4.71. The molecule has 216 valence electrons. The molecule has 1 saturated carbocycles. The third-order valence-electron chi connectivity index (χ3n) is 9.51. The largest absolute Gasteiger partial charge is 0.492 e. The van der Waals surface area contributed by atoms with Crippen LogP contribution in [0.4, 0.5) is 5.69 Å². The molecule has 2 aliphatic heterocycles. The molecule has 2 aromatic rings. The van der Waals surface area contributed by atoms with Gasteiger partial charge in [-0.25, -0.2) is 0 Å². The van der Waals surface area contributed by atoms with Gasteiger partial charge in [0.05, 0.1) is 6.67 Å². The summed E-state index contributed by atoms with van der Waals surface area (Å²) >= 11 is 0. The summed E-state index contributed by atoms with van der Waals surface area (Å²) in [6.45, 7) is 9.60. The maximum atomic E-state index is 12.9. The third-order valence-corrected chi connectivity index (χ3v) is 9.51. The number of hydrogen-bond donors (Lipinski definition) is 1. The Labute approximate surface area is 239 Å². The van der Waals surface area contributed by atoms with E-state index in [0.717, 1.165) is 89.1 Å². The number of nitrogens with one attached hydrogen (secondary N) is 1. The lowest BCUT2D eigenvalue weighted by Gasteiger charge is -2.43. The number of benzene rings is 2. The maximum absolute atomic E-state index is 12.9. The highest BCUT2D eigenvalue weighted by Crippen LogP contribution is 2.37. The number of hydrogen-bond acceptors (Lipinski definition) is 5. The number of likely N-dealkylation sites (tertiary alicyclic amines) is 1. The van der Waals surface area contributed by atoms with Crippen LogP contribution in [-0.4, -0.2) is 73.2 Å². The van der Waals surface area contributed by atoms with Crippen LogP contribution in [0.15, 0.2) is 54.6 Å². The predicted molar refractivity (Wildman–Crippen MR) is 159 cm³/mol. The van der Waals surface area contributed by atoms with Gasteiger partial charge in [-0.05, 0) is 88.5 Å². The number of rotatable bonds is 10. The van der Waals surface area contributed by atoms with E-state index in [9.17, 15) is 9.59 Å². The molecule has 5 rings (SSSR count). The van der Waals surface area contributed by atoms with Crippen molar-refractivity contribution in [1.29, 1.82) is 0 Å². The molecular weight excluding hydrogens is 500 g/mol. The molecular formula is C33H46N4O3. The highest BCUT2D eigenvalue weighted by Gasteiger charge is 2.50. The Morgan fingerprint density at radius 1 is 0.975 bits per heavy atom. The van der Waals surface area contributed by atoms with Gasteiger partial charge in [0, 0.05) is 44.3 Å². The zero-order chi connectivity index (χ0) is 28.0. The Hall–Kier alpha value is -3.06. The van der Waals surface area contributed by atoms with Gasteiger partial charge in [0.15, 0.2) is 0 Å². The van der Waals surface area contributed by atoms with Crippen molar-refractivity contribution in [1.82, 2.24) is 15.1 Å². The van der Waals surface area contributed by atoms with Crippen molar-refractivity contribution in [3.63, 3.8) is 0 Å². The van der Waals surface area contributed by atoms with E-state index in [1.54, 1.807) is 0 Å². The fourth-order valence-corrected chi connectivity index (χ4v) is 7.00. The van der Waals surface area contributed by atoms with Gasteiger partial charge in [-0.3, -0.25) is 14.5 Å². The first-order valence-corrected chi connectivity index (χ1v) is 15.4. The minimum atomic E-state index is -0.444. The number of piperidine rings is 1. The average molecular weight is 547 g/mol. The van der Waals surface area contributed by atoms with Crippen LogP contribution < -0.4 is 15.0 Å². The monoisotopic (exact) mass is 546 g/mol. The van der Waals surface area contributed by atoms with Crippen LogP contribution in [-0.2, 0) is 16.0 Å². The number of anilines is 1. The van der Waals surface area contributed by atoms with Crippen molar-refractivity contribution in [3.05, 3.63) is 60.2 Å². The molecule has 0 bridgehead atoms. The molecule has 0 unspecified atom stereocenters. The number of ether oxygens (including phenoxy) is 1. The molecule has 2 amide bonds. The fourth-order valence-electron chi connectivity index (χ4n) is 7.00. The van der Waals surface area contributed by atoms with E-state index in [4.69, 9.17) is 4.74 Å². The minimum absolute atomic E-state index is 0.160. The lowest BCUT2D eigenvalue weighted by Crippen LogP contribution is -2.56. The molecule has 0 radical (unpaired) electrons. The van der Waals surface area contributed by atoms with Crippen LogP contribution in [0, 0.1) is 11.8 Å². The molecule has 7 heteroatoms. The van der Waals surface area contributed by atoms with E-state index in [2.05, 4.69) is 65.4 Å². The number of nitrogens with zero attached hydrogens (tertiary/aromatic N) is 3. The van der Waals surface area contributed by atoms with Crippen LogP contribution in [0.25, 0.3) is 0 Å². The average Bonchev–Trinajstić information content (AvgIpc) is 3.31. The Morgan fingerprint density at radius 2 is 1.65 bits per heavy atom. The summed E-state index contributed by atoms with van der Waals surface area (Å²) in [4.78, 5) is 32.4. The molecule has 2 aromatic carbocycles. The molecule has 0 atom stereocenters. The molecule has 3 fully saturated rings. The quantitative estimate of drug-likeness (QED) is 0.468. The van der Waals surface area contributed by atoms with Crippen LogP contribution in [0.2, 0.25) is 0 Å². The van der Waals surface area contributed by atoms with Gasteiger partial charge in [0.25, 0.3) is 0 Å². The number of carbonyl (C=O) groups excluding carboxylic acids is 2. The molecule has 40 heavy (non-hydrogen) atoms. The second-order valence-corrected chi connectivity index (χ2v) is 11.7. The van der Waals surface area contributed by atoms with Crippen molar-refractivity contribution in [2.75, 3.05) is 50.9 Å². The smallest absolute Gasteiger partial charge is 0.247 e. The minimum Gasteiger partial charge on any atom is -0.492 e. The van der Waals surface area contributed by atoms with Crippen LogP contribution in [0.5, 0.6) is 5.75 Å². The first kappa shape index (κ1) is 28.5. The van der Waals surface area contributed by atoms with E-state index in [1.165, 1.54) is 5.56 Å². The Kier molecular flexibility index (Phi) is 9.30. The zero-order valence-electron chi connectivity index (χ0n) is 24.3. The summed E-state index contributed by atoms with van der Waals surface area (Å²) in [7, 11) is 0. The zero-order valence-corrected chi connectivity index (χ0v) is 24.3. The van der Waals surface area contributed by atoms with Gasteiger partial charge < -0.3 is 19.9 Å². The highest BCUT2D eigenvalue weighted by atomic mass is 16.5. The summed E-state index contributed by atoms with van der Waals surface area (Å²) in [5.74, 6) is 2.29. The van der Waals surface area contributed by atoms with Crippen LogP contribution in [0.3, 0.4) is 0 Å². The molecule has 3 aliphatic rings. The van der Waals surface area contributed by atoms with Gasteiger partial charge in [-0.1, -0.05) is 36.4 Å². The van der Waals surface area contributed by atoms with Crippen molar-refractivity contribution in [2.24, 2.45) is 11.8 Å². The van der Waals surface area contributed by atoms with Crippen molar-refractivity contribution >= 4 is 17.5 Å². The maximum Gasteiger partial charge on any atom is 0.247 e. The Morgan fingerprint density at radius 3 is 2.35 bits per heavy atom. The van der Waals surface area contributed by atoms with Crippen molar-refractivity contribution < 1.29 is 14.3 Å². The summed E-state index contributed by atoms with van der Waals surface area (Å²) < 4.78 is 6.34. The van der Waals surface area contributed by atoms with Crippen molar-refractivity contribution in [3.8, 4) is 5.75 Å². The van der Waals surface area contributed by atoms with E-state index in [-0.39, 0.29) is 11.8 Å². The summed E-state index contributed by atoms with van der Waals surface area (Å²) in [6, 6.07) is 18.7. The molecule has 1 aliphatic carbocycles. The van der Waals surface area contributed by atoms with Gasteiger partial charge in [-0.2, -0.15) is 0 Å². The standard InChI is InChI=1S/C33H46N4O3/c1-3-36(4-2)31(38)27-16-14-26(15-17-27)24-28-10-8-9-13-30(28)40-23-22-35-20-18-33(19-21-35)32(39)34-25-37(33)29-11-6-5-7-12-29/h5-13,26-27H,3-4,14-25H2,1-2H3,(H,34,39)/t26-,27-. The number of carbonyl (C=O) groups is 2. The summed E-state index contributed by atoms with van der Waals surface area (Å²) in [5.41, 5.74) is 1.94. The number of amides is 2. The molecule has 1 N–H and O–H groups in total. The van der Waals surface area contributed by atoms with Gasteiger partial charge in [0.2, 0.25) is 11.8 Å². The van der Waals surface area contributed by atoms with E-state index >= 15 is 0 Å². The van der Waals surface area contributed by atoms with Crippen LogP contribution in [0.1, 0.15) is 57.9 Å². The molecule has 2 saturated heterocycles. The van der Waals surface area contributed by atoms with Crippen LogP contribution >= 0.6 is 0 Å². The van der Waals surface area contributed by atoms with Gasteiger partial charge >= 0.3 is 0 Å².